The summed E-state index contributed by atoms with van der Waals surface area (Å²) < 4.78 is 14.3. The number of hydrogen-bond acceptors (Lipinski definition) is 2. The maximum absolute atomic E-state index is 13.2. The molecule has 0 bridgehead atoms. The molecule has 0 aliphatic rings. The number of benzene rings is 2. The molecule has 2 aromatic carbocycles. The van der Waals surface area contributed by atoms with Crippen molar-refractivity contribution in [1.82, 2.24) is 0 Å². The van der Waals surface area contributed by atoms with E-state index in [4.69, 9.17) is 5.73 Å². The zero-order valence-corrected chi connectivity index (χ0v) is 12.3. The van der Waals surface area contributed by atoms with Crippen LogP contribution in [0.3, 0.4) is 0 Å². The lowest BCUT2D eigenvalue weighted by Crippen LogP contribution is -2.10. The van der Waals surface area contributed by atoms with Crippen LogP contribution in [0.15, 0.2) is 42.5 Å². The Balaban J connectivity index is 2.02. The molecule has 3 heteroatoms. The summed E-state index contributed by atoms with van der Waals surface area (Å²) >= 11 is 1.63. The van der Waals surface area contributed by atoms with E-state index in [-0.39, 0.29) is 11.9 Å². The Labute approximate surface area is 121 Å². The summed E-state index contributed by atoms with van der Waals surface area (Å²) in [7, 11) is 0. The predicted molar refractivity (Wildman–Crippen MR) is 83.7 cm³/mol. The third-order valence-electron chi connectivity index (χ3n) is 3.69. The lowest BCUT2D eigenvalue weighted by molar-refractivity contribution is 0.630. The van der Waals surface area contributed by atoms with Crippen LogP contribution in [0.4, 0.5) is 4.39 Å². The Bertz CT molecular complexity index is 776. The van der Waals surface area contributed by atoms with Gasteiger partial charge in [0.1, 0.15) is 5.82 Å². The third-order valence-corrected chi connectivity index (χ3v) is 4.89. The second-order valence-corrected chi connectivity index (χ2v) is 6.27. The highest BCUT2D eigenvalue weighted by Crippen LogP contribution is 2.32. The van der Waals surface area contributed by atoms with E-state index in [0.717, 1.165) is 20.5 Å². The molecule has 0 amide bonds. The minimum Gasteiger partial charge on any atom is -0.320 e. The van der Waals surface area contributed by atoms with Gasteiger partial charge in [0.25, 0.3) is 0 Å². The van der Waals surface area contributed by atoms with E-state index in [2.05, 4.69) is 32.0 Å². The Hall–Kier alpha value is -1.71. The van der Waals surface area contributed by atoms with Crippen LogP contribution >= 0.6 is 11.3 Å². The van der Waals surface area contributed by atoms with Crippen LogP contribution in [0.5, 0.6) is 0 Å². The first kappa shape index (κ1) is 13.3. The van der Waals surface area contributed by atoms with Crippen molar-refractivity contribution in [3.05, 3.63) is 69.8 Å². The first-order valence-corrected chi connectivity index (χ1v) is 7.38. The highest BCUT2D eigenvalue weighted by atomic mass is 32.1. The van der Waals surface area contributed by atoms with Crippen molar-refractivity contribution in [1.29, 1.82) is 0 Å². The van der Waals surface area contributed by atoms with E-state index >= 15 is 0 Å². The fraction of sp³-hybridized carbons (Fsp3) is 0.176. The van der Waals surface area contributed by atoms with Crippen LogP contribution in [0.25, 0.3) is 10.1 Å². The van der Waals surface area contributed by atoms with E-state index in [0.29, 0.717) is 0 Å². The molecule has 0 aliphatic carbocycles. The quantitative estimate of drug-likeness (QED) is 0.725. The summed E-state index contributed by atoms with van der Waals surface area (Å²) in [5.41, 5.74) is 9.96. The number of thiophene rings is 1. The predicted octanol–water partition coefficient (Wildman–Crippen LogP) is 4.71. The van der Waals surface area contributed by atoms with Gasteiger partial charge in [-0.3, -0.25) is 0 Å². The summed E-state index contributed by atoms with van der Waals surface area (Å²) in [6, 6.07) is 13.0. The highest BCUT2D eigenvalue weighted by Gasteiger charge is 2.13. The molecule has 0 radical (unpaired) electrons. The van der Waals surface area contributed by atoms with Crippen molar-refractivity contribution in [2.45, 2.75) is 19.9 Å². The standard InChI is InChI=1S/C17H16FNS/c1-10-3-4-12(7-11(10)2)17(19)16-9-13-8-14(18)5-6-15(13)20-16/h3-9,17H,19H2,1-2H3. The van der Waals surface area contributed by atoms with Crippen LogP contribution in [0, 0.1) is 19.7 Å². The largest absolute Gasteiger partial charge is 0.320 e. The summed E-state index contributed by atoms with van der Waals surface area (Å²) in [5.74, 6) is -0.207. The second kappa shape index (κ2) is 5.00. The smallest absolute Gasteiger partial charge is 0.123 e. The normalized spacial score (nSPS) is 12.8. The van der Waals surface area contributed by atoms with Crippen molar-refractivity contribution in [2.24, 2.45) is 5.73 Å². The summed E-state index contributed by atoms with van der Waals surface area (Å²) in [5, 5.41) is 0.921. The van der Waals surface area contributed by atoms with E-state index in [1.165, 1.54) is 17.2 Å². The Morgan fingerprint density at radius 1 is 1.00 bits per heavy atom. The van der Waals surface area contributed by atoms with Crippen LogP contribution in [-0.4, -0.2) is 0 Å². The Kier molecular flexibility index (Phi) is 3.32. The van der Waals surface area contributed by atoms with Gasteiger partial charge < -0.3 is 5.73 Å². The van der Waals surface area contributed by atoms with E-state index in [1.807, 2.05) is 12.1 Å². The summed E-state index contributed by atoms with van der Waals surface area (Å²) in [6.45, 7) is 4.18. The van der Waals surface area contributed by atoms with Crippen molar-refractivity contribution >= 4 is 21.4 Å². The Morgan fingerprint density at radius 2 is 1.80 bits per heavy atom. The van der Waals surface area contributed by atoms with Gasteiger partial charge >= 0.3 is 0 Å². The number of nitrogens with two attached hydrogens (primary N) is 1. The van der Waals surface area contributed by atoms with Crippen LogP contribution < -0.4 is 5.73 Å². The molecule has 3 rings (SSSR count). The number of halogens is 1. The highest BCUT2D eigenvalue weighted by molar-refractivity contribution is 7.19. The maximum atomic E-state index is 13.2. The first-order chi connectivity index (χ1) is 9.54. The summed E-state index contributed by atoms with van der Waals surface area (Å²) in [4.78, 5) is 1.06. The van der Waals surface area contributed by atoms with E-state index < -0.39 is 0 Å². The van der Waals surface area contributed by atoms with E-state index in [1.54, 1.807) is 17.4 Å². The Morgan fingerprint density at radius 3 is 2.55 bits per heavy atom. The van der Waals surface area contributed by atoms with Crippen molar-refractivity contribution < 1.29 is 4.39 Å². The third kappa shape index (κ3) is 2.35. The number of fused-ring (bicyclic) bond motifs is 1. The SMILES string of the molecule is Cc1ccc(C(N)c2cc3cc(F)ccc3s2)cc1C. The zero-order valence-electron chi connectivity index (χ0n) is 11.5. The molecule has 1 heterocycles. The molecule has 1 nitrogen and oxygen atoms in total. The molecule has 2 N–H and O–H groups in total. The molecular weight excluding hydrogens is 269 g/mol. The van der Waals surface area contributed by atoms with Gasteiger partial charge in [0.2, 0.25) is 0 Å². The molecule has 3 aromatic rings. The van der Waals surface area contributed by atoms with Crippen molar-refractivity contribution in [3.63, 3.8) is 0 Å². The average molecular weight is 285 g/mol. The molecule has 1 unspecified atom stereocenters. The fourth-order valence-electron chi connectivity index (χ4n) is 2.31. The summed E-state index contributed by atoms with van der Waals surface area (Å²) in [6.07, 6.45) is 0. The van der Waals surface area contributed by atoms with Gasteiger partial charge in [0.15, 0.2) is 0 Å². The average Bonchev–Trinajstić information content (AvgIpc) is 2.84. The van der Waals surface area contributed by atoms with Crippen LogP contribution in [0.2, 0.25) is 0 Å². The number of hydrogen-bond donors (Lipinski definition) is 1. The molecule has 0 saturated heterocycles. The minimum absolute atomic E-state index is 0.158. The van der Waals surface area contributed by atoms with Gasteiger partial charge in [-0.2, -0.15) is 0 Å². The molecule has 0 saturated carbocycles. The van der Waals surface area contributed by atoms with Crippen LogP contribution in [-0.2, 0) is 0 Å². The fourth-order valence-corrected chi connectivity index (χ4v) is 3.39. The monoisotopic (exact) mass is 285 g/mol. The van der Waals surface area contributed by atoms with Gasteiger partial charge in [-0.1, -0.05) is 18.2 Å². The van der Waals surface area contributed by atoms with Crippen molar-refractivity contribution in [2.75, 3.05) is 0 Å². The molecule has 1 atom stereocenters. The number of aryl methyl sites for hydroxylation is 2. The molecule has 102 valence electrons. The van der Waals surface area contributed by atoms with Gasteiger partial charge in [-0.15, -0.1) is 11.3 Å². The van der Waals surface area contributed by atoms with Gasteiger partial charge in [-0.25, -0.2) is 4.39 Å². The minimum atomic E-state index is -0.207. The van der Waals surface area contributed by atoms with Gasteiger partial charge in [0, 0.05) is 9.58 Å². The number of rotatable bonds is 2. The maximum Gasteiger partial charge on any atom is 0.123 e. The first-order valence-electron chi connectivity index (χ1n) is 6.56. The molecule has 0 fully saturated rings. The molecular formula is C17H16FNS. The molecule has 20 heavy (non-hydrogen) atoms. The molecule has 1 aromatic heterocycles. The van der Waals surface area contributed by atoms with Gasteiger partial charge in [-0.05, 0) is 60.2 Å². The molecule has 0 aliphatic heterocycles. The van der Waals surface area contributed by atoms with Crippen LogP contribution in [0.1, 0.15) is 27.6 Å². The zero-order chi connectivity index (χ0) is 14.3. The molecule has 0 spiro atoms. The second-order valence-electron chi connectivity index (χ2n) is 5.15. The van der Waals surface area contributed by atoms with Gasteiger partial charge in [0.05, 0.1) is 6.04 Å². The van der Waals surface area contributed by atoms with E-state index in [9.17, 15) is 4.39 Å². The lowest BCUT2D eigenvalue weighted by atomic mass is 10.0. The topological polar surface area (TPSA) is 26.0 Å². The van der Waals surface area contributed by atoms with Crippen molar-refractivity contribution in [3.8, 4) is 0 Å². The lowest BCUT2D eigenvalue weighted by Gasteiger charge is -2.11.